The second-order valence-electron chi connectivity index (χ2n) is 6.62. The molecule has 2 atom stereocenters. The van der Waals surface area contributed by atoms with E-state index >= 15 is 0 Å². The maximum absolute atomic E-state index is 12.5. The van der Waals surface area contributed by atoms with E-state index in [1.807, 2.05) is 60.7 Å². The summed E-state index contributed by atoms with van der Waals surface area (Å²) in [7, 11) is 0. The zero-order chi connectivity index (χ0) is 19.2. The number of aliphatic carboxylic acids is 1. The highest BCUT2D eigenvalue weighted by atomic mass is 35.5. The highest BCUT2D eigenvalue weighted by Crippen LogP contribution is 2.32. The fourth-order valence-corrected chi connectivity index (χ4v) is 3.22. The number of carboxylic acids is 1. The quantitative estimate of drug-likeness (QED) is 0.715. The van der Waals surface area contributed by atoms with Crippen molar-refractivity contribution < 1.29 is 19.8 Å². The van der Waals surface area contributed by atoms with Crippen molar-refractivity contribution in [2.45, 2.75) is 31.2 Å². The zero-order valence-electron chi connectivity index (χ0n) is 15.2. The van der Waals surface area contributed by atoms with Crippen LogP contribution in [0.3, 0.4) is 0 Å². The van der Waals surface area contributed by atoms with Gasteiger partial charge in [-0.1, -0.05) is 60.7 Å². The lowest BCUT2D eigenvalue weighted by molar-refractivity contribution is -0.138. The molecule has 1 aliphatic rings. The van der Waals surface area contributed by atoms with Gasteiger partial charge in [-0.15, -0.1) is 12.4 Å². The molecule has 3 rings (SSSR count). The van der Waals surface area contributed by atoms with Gasteiger partial charge in [-0.3, -0.25) is 9.79 Å². The number of ketones is 1. The molecule has 0 aliphatic heterocycles. The summed E-state index contributed by atoms with van der Waals surface area (Å²) >= 11 is 0. The Labute approximate surface area is 169 Å². The minimum Gasteiger partial charge on any atom is -0.511 e. The van der Waals surface area contributed by atoms with Crippen LogP contribution in [0.2, 0.25) is 0 Å². The number of carbonyl (C=O) groups excluding carboxylic acids is 1. The number of Topliss-reactive ketones (excluding diaryl/α,β-unsaturated/α-hetero) is 1. The first-order chi connectivity index (χ1) is 13.0. The van der Waals surface area contributed by atoms with Crippen LogP contribution in [-0.4, -0.2) is 34.2 Å². The number of benzene rings is 2. The summed E-state index contributed by atoms with van der Waals surface area (Å²) in [4.78, 5) is 28.0. The van der Waals surface area contributed by atoms with Crippen LogP contribution in [0.25, 0.3) is 0 Å². The van der Waals surface area contributed by atoms with E-state index in [0.29, 0.717) is 6.42 Å². The molecule has 0 radical (unpaired) electrons. The number of allylic oxidation sites excluding steroid dienone is 2. The molecule has 1 unspecified atom stereocenters. The largest absolute Gasteiger partial charge is 0.511 e. The third kappa shape index (κ3) is 5.30. The van der Waals surface area contributed by atoms with Crippen molar-refractivity contribution in [1.29, 1.82) is 0 Å². The summed E-state index contributed by atoms with van der Waals surface area (Å²) in [5.74, 6) is -1.40. The molecule has 0 saturated carbocycles. The summed E-state index contributed by atoms with van der Waals surface area (Å²) in [6.45, 7) is 0. The average molecular weight is 400 g/mol. The lowest BCUT2D eigenvalue weighted by Gasteiger charge is -2.22. The molecule has 6 heteroatoms. The third-order valence-electron chi connectivity index (χ3n) is 4.69. The SMILES string of the molecule is Cl.O=C1CC(c2ccccc2)CC(O)=C1C=N[C@@H](Cc1ccccc1)C(=O)O. The molecule has 0 saturated heterocycles. The minimum atomic E-state index is -1.07. The molecule has 1 aliphatic carbocycles. The number of rotatable bonds is 6. The summed E-state index contributed by atoms with van der Waals surface area (Å²) in [5.41, 5.74) is 1.96. The molecular formula is C22H22ClNO4. The van der Waals surface area contributed by atoms with Gasteiger partial charge in [0.05, 0.1) is 5.57 Å². The zero-order valence-corrected chi connectivity index (χ0v) is 16.0. The first-order valence-electron chi connectivity index (χ1n) is 8.84. The Bertz CT molecular complexity index is 878. The highest BCUT2D eigenvalue weighted by molar-refractivity contribution is 6.14. The van der Waals surface area contributed by atoms with Crippen LogP contribution in [0.15, 0.2) is 77.0 Å². The van der Waals surface area contributed by atoms with Crippen LogP contribution >= 0.6 is 12.4 Å². The van der Waals surface area contributed by atoms with E-state index in [9.17, 15) is 19.8 Å². The van der Waals surface area contributed by atoms with Gasteiger partial charge in [-0.05, 0) is 17.0 Å². The van der Waals surface area contributed by atoms with Crippen molar-refractivity contribution in [2.24, 2.45) is 4.99 Å². The van der Waals surface area contributed by atoms with Crippen molar-refractivity contribution in [3.63, 3.8) is 0 Å². The third-order valence-corrected chi connectivity index (χ3v) is 4.69. The van der Waals surface area contributed by atoms with Gasteiger partial charge >= 0.3 is 5.97 Å². The van der Waals surface area contributed by atoms with Crippen molar-refractivity contribution in [3.8, 4) is 0 Å². The number of nitrogens with zero attached hydrogens (tertiary/aromatic N) is 1. The fourth-order valence-electron chi connectivity index (χ4n) is 3.22. The lowest BCUT2D eigenvalue weighted by atomic mass is 9.83. The van der Waals surface area contributed by atoms with Gasteiger partial charge in [-0.2, -0.15) is 0 Å². The van der Waals surface area contributed by atoms with Crippen LogP contribution < -0.4 is 0 Å². The van der Waals surface area contributed by atoms with Gasteiger partial charge in [0.1, 0.15) is 5.76 Å². The van der Waals surface area contributed by atoms with Crippen LogP contribution in [0, 0.1) is 0 Å². The van der Waals surface area contributed by atoms with Gasteiger partial charge in [0.2, 0.25) is 0 Å². The Morgan fingerprint density at radius 2 is 1.68 bits per heavy atom. The van der Waals surface area contributed by atoms with Crippen molar-refractivity contribution in [1.82, 2.24) is 0 Å². The van der Waals surface area contributed by atoms with Gasteiger partial charge < -0.3 is 10.2 Å². The van der Waals surface area contributed by atoms with Gasteiger partial charge in [0.25, 0.3) is 0 Å². The van der Waals surface area contributed by atoms with Crippen LogP contribution in [0.5, 0.6) is 0 Å². The lowest BCUT2D eigenvalue weighted by Crippen LogP contribution is -2.23. The Balaban J connectivity index is 0.00000280. The first kappa shape index (κ1) is 21.4. The Hall–Kier alpha value is -2.92. The number of carbonyl (C=O) groups is 2. The second-order valence-corrected chi connectivity index (χ2v) is 6.62. The van der Waals surface area contributed by atoms with Crippen LogP contribution in [0.1, 0.15) is 29.9 Å². The Morgan fingerprint density at radius 3 is 2.25 bits per heavy atom. The summed E-state index contributed by atoms with van der Waals surface area (Å²) in [6, 6.07) is 17.8. The molecule has 28 heavy (non-hydrogen) atoms. The van der Waals surface area contributed by atoms with E-state index < -0.39 is 12.0 Å². The molecule has 0 heterocycles. The summed E-state index contributed by atoms with van der Waals surface area (Å²) in [6.07, 6.45) is 2.06. The van der Waals surface area contributed by atoms with E-state index in [1.165, 1.54) is 6.21 Å². The van der Waals surface area contributed by atoms with E-state index in [2.05, 4.69) is 4.99 Å². The average Bonchev–Trinajstić information content (AvgIpc) is 2.67. The predicted molar refractivity (Wildman–Crippen MR) is 110 cm³/mol. The smallest absolute Gasteiger partial charge is 0.328 e. The Morgan fingerprint density at radius 1 is 1.07 bits per heavy atom. The summed E-state index contributed by atoms with van der Waals surface area (Å²) in [5, 5.41) is 19.7. The van der Waals surface area contributed by atoms with Gasteiger partial charge in [0.15, 0.2) is 11.8 Å². The molecule has 5 nitrogen and oxygen atoms in total. The number of aliphatic hydroxyl groups is 1. The molecule has 0 fully saturated rings. The van der Waals surface area contributed by atoms with E-state index in [1.54, 1.807) is 0 Å². The molecule has 2 N–H and O–H groups in total. The highest BCUT2D eigenvalue weighted by Gasteiger charge is 2.28. The molecule has 0 aromatic heterocycles. The fraction of sp³-hybridized carbons (Fsp3) is 0.227. The topological polar surface area (TPSA) is 87.0 Å². The number of hydrogen-bond donors (Lipinski definition) is 2. The van der Waals surface area contributed by atoms with Gasteiger partial charge in [-0.25, -0.2) is 4.79 Å². The summed E-state index contributed by atoms with van der Waals surface area (Å²) < 4.78 is 0. The number of halogens is 1. The van der Waals surface area contributed by atoms with Crippen LogP contribution in [0.4, 0.5) is 0 Å². The predicted octanol–water partition coefficient (Wildman–Crippen LogP) is 4.13. The monoisotopic (exact) mass is 399 g/mol. The van der Waals surface area contributed by atoms with Crippen molar-refractivity contribution in [3.05, 3.63) is 83.1 Å². The molecule has 2 aromatic rings. The Kier molecular flexibility index (Phi) is 7.52. The van der Waals surface area contributed by atoms with E-state index in [0.717, 1.165) is 11.1 Å². The van der Waals surface area contributed by atoms with Crippen molar-refractivity contribution >= 4 is 30.4 Å². The van der Waals surface area contributed by atoms with Crippen molar-refractivity contribution in [2.75, 3.05) is 0 Å². The molecule has 0 spiro atoms. The maximum atomic E-state index is 12.5. The van der Waals surface area contributed by atoms with Gasteiger partial charge in [0, 0.05) is 25.5 Å². The van der Waals surface area contributed by atoms with E-state index in [4.69, 9.17) is 0 Å². The normalized spacial score (nSPS) is 18.0. The minimum absolute atomic E-state index is 0. The number of aliphatic hydroxyl groups excluding tert-OH is 1. The molecule has 0 bridgehead atoms. The first-order valence-corrected chi connectivity index (χ1v) is 8.84. The molecular weight excluding hydrogens is 378 g/mol. The number of carboxylic acid groups (broad SMARTS) is 1. The molecule has 0 amide bonds. The number of aliphatic imine (C=N–C) groups is 1. The second kappa shape index (κ2) is 9.85. The maximum Gasteiger partial charge on any atom is 0.328 e. The number of hydrogen-bond acceptors (Lipinski definition) is 4. The molecule has 2 aromatic carbocycles. The standard InChI is InChI=1S/C22H21NO4.ClH/c24-20-12-17(16-9-5-2-6-10-16)13-21(25)18(20)14-23-19(22(26)27)11-15-7-3-1-4-8-15;/h1-10,14,17,19,24H,11-13H2,(H,26,27);1H/t17?,19-;/m0./s1. The van der Waals surface area contributed by atoms with E-state index in [-0.39, 0.29) is 48.3 Å². The molecule has 146 valence electrons. The van der Waals surface area contributed by atoms with Crippen LogP contribution in [-0.2, 0) is 16.0 Å².